The number of hydrogen-bond acceptors (Lipinski definition) is 6. The molecule has 4 rings (SSSR count). The molecule has 0 unspecified atom stereocenters. The molecular formula is C23H25N5O2. The van der Waals surface area contributed by atoms with E-state index >= 15 is 0 Å². The fourth-order valence-electron chi connectivity index (χ4n) is 3.31. The monoisotopic (exact) mass is 403 g/mol. The molecule has 1 amide bonds. The lowest BCUT2D eigenvalue weighted by atomic mass is 10.2. The lowest BCUT2D eigenvalue weighted by Crippen LogP contribution is -2.48. The van der Waals surface area contributed by atoms with E-state index in [-0.39, 0.29) is 5.91 Å². The number of hydrogen-bond donors (Lipinski definition) is 1. The van der Waals surface area contributed by atoms with E-state index in [0.29, 0.717) is 37.9 Å². The average Bonchev–Trinajstić information content (AvgIpc) is 3.27. The van der Waals surface area contributed by atoms with E-state index in [0.717, 1.165) is 17.2 Å². The van der Waals surface area contributed by atoms with Gasteiger partial charge in [-0.2, -0.15) is 4.98 Å². The van der Waals surface area contributed by atoms with Crippen LogP contribution in [-0.4, -0.2) is 47.0 Å². The topological polar surface area (TPSA) is 74.5 Å². The van der Waals surface area contributed by atoms with E-state index in [1.54, 1.807) is 24.5 Å². The highest BCUT2D eigenvalue weighted by Crippen LogP contribution is 2.20. The van der Waals surface area contributed by atoms with Crippen LogP contribution in [0, 0.1) is 13.8 Å². The summed E-state index contributed by atoms with van der Waals surface area (Å²) in [5.74, 6) is 2.10. The van der Waals surface area contributed by atoms with Crippen LogP contribution >= 0.6 is 0 Å². The van der Waals surface area contributed by atoms with Crippen molar-refractivity contribution in [3.8, 4) is 0 Å². The van der Waals surface area contributed by atoms with Crippen LogP contribution in [0.15, 0.2) is 59.2 Å². The third-order valence-corrected chi connectivity index (χ3v) is 4.97. The Morgan fingerprint density at radius 2 is 1.83 bits per heavy atom. The van der Waals surface area contributed by atoms with Gasteiger partial charge in [0.05, 0.1) is 6.26 Å². The van der Waals surface area contributed by atoms with Gasteiger partial charge in [0.25, 0.3) is 0 Å². The Bertz CT molecular complexity index is 1020. The highest BCUT2D eigenvalue weighted by Gasteiger charge is 2.22. The van der Waals surface area contributed by atoms with Crippen LogP contribution < -0.4 is 10.2 Å². The molecule has 0 bridgehead atoms. The van der Waals surface area contributed by atoms with Gasteiger partial charge in [-0.1, -0.05) is 17.7 Å². The normalized spacial score (nSPS) is 14.3. The second-order valence-electron chi connectivity index (χ2n) is 7.35. The number of benzene rings is 1. The molecule has 0 atom stereocenters. The maximum Gasteiger partial charge on any atom is 0.246 e. The van der Waals surface area contributed by atoms with Gasteiger partial charge in [-0.3, -0.25) is 4.79 Å². The number of aromatic nitrogens is 2. The van der Waals surface area contributed by atoms with Gasteiger partial charge in [-0.25, -0.2) is 4.98 Å². The Balaban J connectivity index is 1.38. The van der Waals surface area contributed by atoms with E-state index in [1.165, 1.54) is 5.56 Å². The molecule has 0 aliphatic carbocycles. The smallest absolute Gasteiger partial charge is 0.246 e. The SMILES string of the molecule is Cc1ccc(Nc2cc(C)nc(N3CCN(C(=O)/C=C/c4ccco4)CC3)n2)cc1. The van der Waals surface area contributed by atoms with Crippen molar-refractivity contribution in [2.24, 2.45) is 0 Å². The number of aryl methyl sites for hydroxylation is 2. The number of carbonyl (C=O) groups excluding carboxylic acids is 1. The van der Waals surface area contributed by atoms with Crippen molar-refractivity contribution in [1.29, 1.82) is 0 Å². The summed E-state index contributed by atoms with van der Waals surface area (Å²) in [7, 11) is 0. The van der Waals surface area contributed by atoms with Gasteiger partial charge in [0, 0.05) is 49.7 Å². The van der Waals surface area contributed by atoms with Crippen LogP contribution in [0.1, 0.15) is 17.0 Å². The molecule has 0 spiro atoms. The number of amides is 1. The summed E-state index contributed by atoms with van der Waals surface area (Å²) in [6.07, 6.45) is 4.84. The Hall–Kier alpha value is -3.61. The van der Waals surface area contributed by atoms with Gasteiger partial charge < -0.3 is 19.5 Å². The second kappa shape index (κ2) is 8.82. The van der Waals surface area contributed by atoms with Gasteiger partial charge >= 0.3 is 0 Å². The third-order valence-electron chi connectivity index (χ3n) is 4.97. The van der Waals surface area contributed by atoms with Crippen LogP contribution in [0.5, 0.6) is 0 Å². The Labute approximate surface area is 176 Å². The van der Waals surface area contributed by atoms with Crippen molar-refractivity contribution in [3.05, 3.63) is 71.8 Å². The molecule has 1 saturated heterocycles. The first-order valence-corrected chi connectivity index (χ1v) is 10.0. The van der Waals surface area contributed by atoms with Crippen molar-refractivity contribution in [2.75, 3.05) is 36.4 Å². The molecule has 1 fully saturated rings. The van der Waals surface area contributed by atoms with Gasteiger partial charge in [-0.15, -0.1) is 0 Å². The van der Waals surface area contributed by atoms with E-state index in [1.807, 2.05) is 36.1 Å². The first-order valence-electron chi connectivity index (χ1n) is 10.0. The molecule has 3 heterocycles. The van der Waals surface area contributed by atoms with E-state index in [2.05, 4.69) is 39.2 Å². The summed E-state index contributed by atoms with van der Waals surface area (Å²) in [6, 6.07) is 13.7. The number of nitrogens with one attached hydrogen (secondary N) is 1. The maximum absolute atomic E-state index is 12.4. The van der Waals surface area contributed by atoms with Crippen LogP contribution in [0.4, 0.5) is 17.5 Å². The predicted molar refractivity (Wildman–Crippen MR) is 118 cm³/mol. The number of piperazine rings is 1. The van der Waals surface area contributed by atoms with Crippen molar-refractivity contribution in [1.82, 2.24) is 14.9 Å². The first-order chi connectivity index (χ1) is 14.6. The summed E-state index contributed by atoms with van der Waals surface area (Å²) in [5.41, 5.74) is 3.10. The highest BCUT2D eigenvalue weighted by atomic mass is 16.3. The Kier molecular flexibility index (Phi) is 5.79. The first kappa shape index (κ1) is 19.7. The minimum absolute atomic E-state index is 0.0158. The molecule has 7 heteroatoms. The number of carbonyl (C=O) groups is 1. The van der Waals surface area contributed by atoms with Gasteiger partial charge in [-0.05, 0) is 44.2 Å². The van der Waals surface area contributed by atoms with Crippen molar-refractivity contribution < 1.29 is 9.21 Å². The largest absolute Gasteiger partial charge is 0.465 e. The molecular weight excluding hydrogens is 378 g/mol. The lowest BCUT2D eigenvalue weighted by Gasteiger charge is -2.34. The molecule has 1 aliphatic rings. The highest BCUT2D eigenvalue weighted by molar-refractivity contribution is 5.91. The van der Waals surface area contributed by atoms with Crippen LogP contribution in [0.3, 0.4) is 0 Å². The Morgan fingerprint density at radius 1 is 1.07 bits per heavy atom. The fraction of sp³-hybridized carbons (Fsp3) is 0.261. The molecule has 3 aromatic rings. The van der Waals surface area contributed by atoms with E-state index < -0.39 is 0 Å². The molecule has 30 heavy (non-hydrogen) atoms. The average molecular weight is 403 g/mol. The molecule has 0 radical (unpaired) electrons. The predicted octanol–water partition coefficient (Wildman–Crippen LogP) is 3.79. The van der Waals surface area contributed by atoms with Gasteiger partial charge in [0.2, 0.25) is 11.9 Å². The zero-order valence-corrected chi connectivity index (χ0v) is 17.2. The van der Waals surface area contributed by atoms with E-state index in [4.69, 9.17) is 4.42 Å². The molecule has 1 N–H and O–H groups in total. The summed E-state index contributed by atoms with van der Waals surface area (Å²) in [6.45, 7) is 6.65. The summed E-state index contributed by atoms with van der Waals surface area (Å²) < 4.78 is 5.23. The number of anilines is 3. The molecule has 1 aromatic carbocycles. The summed E-state index contributed by atoms with van der Waals surface area (Å²) in [4.78, 5) is 25.6. The number of furan rings is 1. The number of rotatable bonds is 5. The minimum atomic E-state index is -0.0158. The quantitative estimate of drug-likeness (QED) is 0.654. The summed E-state index contributed by atoms with van der Waals surface area (Å²) >= 11 is 0. The van der Waals surface area contributed by atoms with Crippen molar-refractivity contribution in [2.45, 2.75) is 13.8 Å². The molecule has 7 nitrogen and oxygen atoms in total. The molecule has 1 aliphatic heterocycles. The fourth-order valence-corrected chi connectivity index (χ4v) is 3.31. The summed E-state index contributed by atoms with van der Waals surface area (Å²) in [5, 5.41) is 3.35. The zero-order valence-electron chi connectivity index (χ0n) is 17.2. The minimum Gasteiger partial charge on any atom is -0.465 e. The third kappa shape index (κ3) is 4.86. The molecule has 2 aromatic heterocycles. The van der Waals surface area contributed by atoms with Crippen LogP contribution in [0.2, 0.25) is 0 Å². The van der Waals surface area contributed by atoms with Crippen LogP contribution in [0.25, 0.3) is 6.08 Å². The standard InChI is InChI=1S/C23H25N5O2/c1-17-5-7-19(8-6-17)25-21-16-18(2)24-23(26-21)28-13-11-27(12-14-28)22(29)10-9-20-4-3-15-30-20/h3-10,15-16H,11-14H2,1-2H3,(H,24,25,26)/b10-9+. The zero-order chi connectivity index (χ0) is 20.9. The Morgan fingerprint density at radius 3 is 2.53 bits per heavy atom. The molecule has 0 saturated carbocycles. The van der Waals surface area contributed by atoms with Gasteiger partial charge in [0.1, 0.15) is 11.6 Å². The van der Waals surface area contributed by atoms with Gasteiger partial charge in [0.15, 0.2) is 0 Å². The van der Waals surface area contributed by atoms with Crippen molar-refractivity contribution >= 4 is 29.4 Å². The second-order valence-corrected chi connectivity index (χ2v) is 7.35. The van der Waals surface area contributed by atoms with E-state index in [9.17, 15) is 4.79 Å². The number of nitrogens with zero attached hydrogens (tertiary/aromatic N) is 4. The van der Waals surface area contributed by atoms with Crippen LogP contribution in [-0.2, 0) is 4.79 Å². The maximum atomic E-state index is 12.4. The molecule has 154 valence electrons. The van der Waals surface area contributed by atoms with Crippen molar-refractivity contribution in [3.63, 3.8) is 0 Å². The lowest BCUT2D eigenvalue weighted by molar-refractivity contribution is -0.126.